The molecule has 0 bridgehead atoms. The van der Waals surface area contributed by atoms with E-state index in [-0.39, 0.29) is 17.6 Å². The zero-order chi connectivity index (χ0) is 18.8. The van der Waals surface area contributed by atoms with Crippen molar-refractivity contribution in [2.24, 2.45) is 5.73 Å². The standard InChI is InChI=1S/C21H18N2O2S2/c22-19(24)12-26-17-8-4-3-7-16(17)23-21(25)18-11-14-10-9-13-5-1-2-6-15(13)20(14)27-18/h1-8,11H,9-10,12H2,(H2,22,24)(H,23,25). The van der Waals surface area contributed by atoms with Gasteiger partial charge in [-0.1, -0.05) is 36.4 Å². The average molecular weight is 395 g/mol. The van der Waals surface area contributed by atoms with Gasteiger partial charge in [-0.3, -0.25) is 9.59 Å². The minimum atomic E-state index is -0.384. The summed E-state index contributed by atoms with van der Waals surface area (Å²) in [5, 5.41) is 2.98. The molecule has 1 aliphatic carbocycles. The Labute approximate surface area is 165 Å². The van der Waals surface area contributed by atoms with Crippen LogP contribution in [0, 0.1) is 0 Å². The highest BCUT2D eigenvalue weighted by atomic mass is 32.2. The number of hydrogen-bond acceptors (Lipinski definition) is 4. The van der Waals surface area contributed by atoms with Crippen molar-refractivity contribution >= 4 is 40.6 Å². The van der Waals surface area contributed by atoms with Crippen molar-refractivity contribution in [3.05, 3.63) is 70.6 Å². The maximum atomic E-state index is 12.8. The van der Waals surface area contributed by atoms with Gasteiger partial charge in [-0.15, -0.1) is 23.1 Å². The third-order valence-electron chi connectivity index (χ3n) is 4.46. The first-order chi connectivity index (χ1) is 13.1. The predicted molar refractivity (Wildman–Crippen MR) is 111 cm³/mol. The Bertz CT molecular complexity index is 1030. The van der Waals surface area contributed by atoms with E-state index >= 15 is 0 Å². The molecule has 2 aromatic carbocycles. The number of hydrogen-bond donors (Lipinski definition) is 2. The maximum Gasteiger partial charge on any atom is 0.265 e. The van der Waals surface area contributed by atoms with E-state index in [0.29, 0.717) is 10.6 Å². The molecule has 136 valence electrons. The predicted octanol–water partition coefficient (Wildman–Crippen LogP) is 4.34. The Morgan fingerprint density at radius 2 is 1.78 bits per heavy atom. The number of nitrogens with one attached hydrogen (secondary N) is 1. The first kappa shape index (κ1) is 17.8. The van der Waals surface area contributed by atoms with Gasteiger partial charge in [0, 0.05) is 9.77 Å². The third kappa shape index (κ3) is 3.77. The quantitative estimate of drug-likeness (QED) is 0.632. The van der Waals surface area contributed by atoms with Gasteiger partial charge in [0.2, 0.25) is 5.91 Å². The van der Waals surface area contributed by atoms with E-state index in [1.54, 1.807) is 0 Å². The fourth-order valence-electron chi connectivity index (χ4n) is 3.21. The lowest BCUT2D eigenvalue weighted by Gasteiger charge is -2.15. The number of rotatable bonds is 5. The summed E-state index contributed by atoms with van der Waals surface area (Å²) in [5.74, 6) is -0.332. The Morgan fingerprint density at radius 3 is 2.63 bits per heavy atom. The highest BCUT2D eigenvalue weighted by Crippen LogP contribution is 2.39. The van der Waals surface area contributed by atoms with Gasteiger partial charge >= 0.3 is 0 Å². The first-order valence-electron chi connectivity index (χ1n) is 8.64. The summed E-state index contributed by atoms with van der Waals surface area (Å²) < 4.78 is 0. The number of aryl methyl sites for hydroxylation is 2. The minimum Gasteiger partial charge on any atom is -0.369 e. The van der Waals surface area contributed by atoms with Gasteiger partial charge in [0.05, 0.1) is 16.3 Å². The van der Waals surface area contributed by atoms with Crippen LogP contribution in [-0.4, -0.2) is 17.6 Å². The highest BCUT2D eigenvalue weighted by molar-refractivity contribution is 8.00. The molecule has 0 spiro atoms. The van der Waals surface area contributed by atoms with Crippen molar-refractivity contribution in [1.29, 1.82) is 0 Å². The van der Waals surface area contributed by atoms with Crippen LogP contribution in [0.25, 0.3) is 10.4 Å². The third-order valence-corrected chi connectivity index (χ3v) is 6.77. The molecule has 0 saturated heterocycles. The number of thioether (sulfide) groups is 1. The van der Waals surface area contributed by atoms with Gasteiger partial charge in [0.25, 0.3) is 5.91 Å². The van der Waals surface area contributed by atoms with E-state index in [1.165, 1.54) is 44.7 Å². The van der Waals surface area contributed by atoms with Crippen LogP contribution in [-0.2, 0) is 17.6 Å². The number of thiophene rings is 1. The summed E-state index contributed by atoms with van der Waals surface area (Å²) in [6, 6.07) is 17.8. The van der Waals surface area contributed by atoms with Crippen molar-refractivity contribution in [3.63, 3.8) is 0 Å². The van der Waals surface area contributed by atoms with Gasteiger partial charge in [-0.25, -0.2) is 0 Å². The summed E-state index contributed by atoms with van der Waals surface area (Å²) in [4.78, 5) is 26.6. The molecular weight excluding hydrogens is 376 g/mol. The number of carbonyl (C=O) groups excluding carboxylic acids is 2. The molecule has 0 unspecified atom stereocenters. The Kier molecular flexibility index (Phi) is 5.01. The molecule has 4 rings (SSSR count). The van der Waals surface area contributed by atoms with E-state index in [4.69, 9.17) is 5.73 Å². The summed E-state index contributed by atoms with van der Waals surface area (Å²) in [6.07, 6.45) is 1.97. The van der Waals surface area contributed by atoms with E-state index in [1.807, 2.05) is 36.4 Å². The molecule has 3 aromatic rings. The van der Waals surface area contributed by atoms with Crippen LogP contribution in [0.5, 0.6) is 0 Å². The summed E-state index contributed by atoms with van der Waals surface area (Å²) in [7, 11) is 0. The van der Waals surface area contributed by atoms with Crippen molar-refractivity contribution in [3.8, 4) is 10.4 Å². The molecule has 0 radical (unpaired) electrons. The molecule has 0 atom stereocenters. The van der Waals surface area contributed by atoms with Crippen molar-refractivity contribution in [2.75, 3.05) is 11.1 Å². The SMILES string of the molecule is NC(=O)CSc1ccccc1NC(=O)c1cc2c(s1)-c1ccccc1CC2. The fraction of sp³-hybridized carbons (Fsp3) is 0.143. The van der Waals surface area contributed by atoms with Gasteiger partial charge < -0.3 is 11.1 Å². The van der Waals surface area contributed by atoms with Crippen molar-refractivity contribution < 1.29 is 9.59 Å². The zero-order valence-electron chi connectivity index (χ0n) is 14.5. The smallest absolute Gasteiger partial charge is 0.265 e. The molecule has 4 nitrogen and oxygen atoms in total. The molecule has 3 N–H and O–H groups in total. The van der Waals surface area contributed by atoms with E-state index in [9.17, 15) is 9.59 Å². The molecule has 0 fully saturated rings. The van der Waals surface area contributed by atoms with Crippen LogP contribution in [0.15, 0.2) is 59.5 Å². The number of carbonyl (C=O) groups is 2. The lowest BCUT2D eigenvalue weighted by atomic mass is 9.91. The zero-order valence-corrected chi connectivity index (χ0v) is 16.2. The van der Waals surface area contributed by atoms with Gasteiger partial charge in [0.1, 0.15) is 0 Å². The number of primary amides is 1. The Morgan fingerprint density at radius 1 is 1.04 bits per heavy atom. The number of para-hydroxylation sites is 1. The molecular formula is C21H18N2O2S2. The number of benzene rings is 2. The van der Waals surface area contributed by atoms with Gasteiger partial charge in [-0.05, 0) is 47.7 Å². The van der Waals surface area contributed by atoms with Gasteiger partial charge in [0.15, 0.2) is 0 Å². The molecule has 0 saturated carbocycles. The van der Waals surface area contributed by atoms with Crippen molar-refractivity contribution in [2.45, 2.75) is 17.7 Å². The van der Waals surface area contributed by atoms with Crippen LogP contribution in [0.2, 0.25) is 0 Å². The molecule has 1 aliphatic rings. The Balaban J connectivity index is 1.58. The summed E-state index contributed by atoms with van der Waals surface area (Å²) >= 11 is 2.86. The maximum absolute atomic E-state index is 12.8. The molecule has 27 heavy (non-hydrogen) atoms. The molecule has 1 aromatic heterocycles. The van der Waals surface area contributed by atoms with E-state index < -0.39 is 0 Å². The second kappa shape index (κ2) is 7.58. The summed E-state index contributed by atoms with van der Waals surface area (Å²) in [6.45, 7) is 0. The fourth-order valence-corrected chi connectivity index (χ4v) is 5.13. The minimum absolute atomic E-state index is 0.126. The number of fused-ring (bicyclic) bond motifs is 3. The van der Waals surface area contributed by atoms with E-state index in [0.717, 1.165) is 17.7 Å². The highest BCUT2D eigenvalue weighted by Gasteiger charge is 2.21. The second-order valence-electron chi connectivity index (χ2n) is 6.33. The largest absolute Gasteiger partial charge is 0.369 e. The Hall–Kier alpha value is -2.57. The molecule has 0 aliphatic heterocycles. The first-order valence-corrected chi connectivity index (χ1v) is 10.4. The molecule has 6 heteroatoms. The number of amides is 2. The summed E-state index contributed by atoms with van der Waals surface area (Å²) in [5.41, 5.74) is 9.74. The average Bonchev–Trinajstić information content (AvgIpc) is 3.12. The van der Waals surface area contributed by atoms with Crippen LogP contribution >= 0.6 is 23.1 Å². The lowest BCUT2D eigenvalue weighted by molar-refractivity contribution is -0.115. The molecule has 1 heterocycles. The number of anilines is 1. The topological polar surface area (TPSA) is 72.2 Å². The normalized spacial score (nSPS) is 12.1. The lowest BCUT2D eigenvalue weighted by Crippen LogP contribution is -2.14. The van der Waals surface area contributed by atoms with Crippen LogP contribution in [0.1, 0.15) is 20.8 Å². The molecule has 2 amide bonds. The van der Waals surface area contributed by atoms with Crippen LogP contribution < -0.4 is 11.1 Å². The van der Waals surface area contributed by atoms with E-state index in [2.05, 4.69) is 23.5 Å². The van der Waals surface area contributed by atoms with Gasteiger partial charge in [-0.2, -0.15) is 0 Å². The van der Waals surface area contributed by atoms with Crippen LogP contribution in [0.4, 0.5) is 5.69 Å². The second-order valence-corrected chi connectivity index (χ2v) is 8.40. The number of nitrogens with two attached hydrogens (primary N) is 1. The monoisotopic (exact) mass is 394 g/mol. The van der Waals surface area contributed by atoms with Crippen LogP contribution in [0.3, 0.4) is 0 Å². The van der Waals surface area contributed by atoms with Crippen molar-refractivity contribution in [1.82, 2.24) is 0 Å².